The van der Waals surface area contributed by atoms with Crippen molar-refractivity contribution in [3.05, 3.63) is 47.7 Å². The smallest absolute Gasteiger partial charge is 0.219 e. The van der Waals surface area contributed by atoms with Gasteiger partial charge in [-0.05, 0) is 23.7 Å². The number of rotatable bonds is 12. The van der Waals surface area contributed by atoms with Crippen LogP contribution in [0.25, 0.3) is 0 Å². The van der Waals surface area contributed by atoms with Crippen LogP contribution in [0.1, 0.15) is 17.5 Å². The molecule has 1 aromatic carbocycles. The van der Waals surface area contributed by atoms with E-state index in [9.17, 15) is 0 Å². The molecule has 0 bridgehead atoms. The predicted molar refractivity (Wildman–Crippen MR) is 147 cm³/mol. The number of aliphatic imine (C=N–C) groups is 1. The number of ether oxygens (including phenoxy) is 3. The van der Waals surface area contributed by atoms with Gasteiger partial charge < -0.3 is 24.9 Å². The minimum atomic E-state index is -1.12. The van der Waals surface area contributed by atoms with Gasteiger partial charge in [0.05, 0.1) is 5.71 Å². The van der Waals surface area contributed by atoms with E-state index < -0.39 is 8.07 Å². The Hall–Kier alpha value is -2.59. The highest BCUT2D eigenvalue weighted by molar-refractivity contribution is 6.76. The van der Waals surface area contributed by atoms with Crippen molar-refractivity contribution in [3.8, 4) is 17.4 Å². The van der Waals surface area contributed by atoms with Crippen LogP contribution in [0.15, 0.2) is 41.5 Å². The number of hydrogen-bond acceptors (Lipinski definition) is 8. The van der Waals surface area contributed by atoms with Crippen molar-refractivity contribution in [2.75, 3.05) is 46.1 Å². The Morgan fingerprint density at radius 3 is 2.81 bits per heavy atom. The van der Waals surface area contributed by atoms with Gasteiger partial charge in [-0.3, -0.25) is 9.89 Å². The van der Waals surface area contributed by atoms with Gasteiger partial charge >= 0.3 is 0 Å². The van der Waals surface area contributed by atoms with Gasteiger partial charge in [0, 0.05) is 90.4 Å². The molecule has 2 aromatic rings. The molecule has 1 atom stereocenters. The highest BCUT2D eigenvalue weighted by Crippen LogP contribution is 2.34. The molecule has 0 aliphatic carbocycles. The lowest BCUT2D eigenvalue weighted by atomic mass is 10.1. The zero-order chi connectivity index (χ0) is 25.4. The number of benzene rings is 1. The molecule has 9 heteroatoms. The highest BCUT2D eigenvalue weighted by Gasteiger charge is 2.26. The summed E-state index contributed by atoms with van der Waals surface area (Å²) in [7, 11) is -1.12. The predicted octanol–water partition coefficient (Wildman–Crippen LogP) is 4.22. The number of pyridine rings is 1. The van der Waals surface area contributed by atoms with Crippen molar-refractivity contribution in [2.45, 2.75) is 44.6 Å². The summed E-state index contributed by atoms with van der Waals surface area (Å²) in [4.78, 5) is 11.5. The minimum Gasteiger partial charge on any atom is -0.488 e. The molecular formula is C27H39N5O3Si. The summed E-state index contributed by atoms with van der Waals surface area (Å²) in [5, 5.41) is 10.9. The van der Waals surface area contributed by atoms with Crippen LogP contribution in [0.2, 0.25) is 25.7 Å². The zero-order valence-corrected chi connectivity index (χ0v) is 22.8. The Kier molecular flexibility index (Phi) is 9.25. The van der Waals surface area contributed by atoms with E-state index in [-0.39, 0.29) is 6.10 Å². The molecule has 1 unspecified atom stereocenters. The number of hydrogen-bond donors (Lipinski definition) is 2. The lowest BCUT2D eigenvalue weighted by molar-refractivity contribution is 0.139. The molecule has 0 saturated carbocycles. The molecule has 4 rings (SSSR count). The van der Waals surface area contributed by atoms with Crippen molar-refractivity contribution in [3.63, 3.8) is 0 Å². The minimum absolute atomic E-state index is 0.192. The van der Waals surface area contributed by atoms with Crippen molar-refractivity contribution in [1.29, 1.82) is 5.41 Å². The van der Waals surface area contributed by atoms with Crippen LogP contribution in [0.3, 0.4) is 0 Å². The molecule has 1 saturated heterocycles. The molecule has 0 amide bonds. The summed E-state index contributed by atoms with van der Waals surface area (Å²) >= 11 is 0. The van der Waals surface area contributed by atoms with Crippen molar-refractivity contribution < 1.29 is 14.2 Å². The SMILES string of the molecule is C[Si](C)(C)CCOCN=C(CC=N)c1ccc(Oc2ccc3c(c2)OC(CN2CCNCC2)C3)nc1. The van der Waals surface area contributed by atoms with Gasteiger partial charge in [0.15, 0.2) is 0 Å². The largest absolute Gasteiger partial charge is 0.488 e. The van der Waals surface area contributed by atoms with E-state index in [1.165, 1.54) is 11.8 Å². The molecule has 2 aliphatic rings. The van der Waals surface area contributed by atoms with Gasteiger partial charge in [-0.25, -0.2) is 4.98 Å². The van der Waals surface area contributed by atoms with Crippen molar-refractivity contribution in [2.24, 2.45) is 4.99 Å². The van der Waals surface area contributed by atoms with Gasteiger partial charge in [0.2, 0.25) is 5.88 Å². The fourth-order valence-corrected chi connectivity index (χ4v) is 5.05. The maximum atomic E-state index is 7.52. The van der Waals surface area contributed by atoms with E-state index in [1.807, 2.05) is 24.3 Å². The molecule has 2 aliphatic heterocycles. The van der Waals surface area contributed by atoms with Gasteiger partial charge in [0.25, 0.3) is 0 Å². The molecule has 0 spiro atoms. The lowest BCUT2D eigenvalue weighted by Crippen LogP contribution is -2.47. The second kappa shape index (κ2) is 12.6. The Bertz CT molecular complexity index is 1030. The van der Waals surface area contributed by atoms with Crippen LogP contribution in [0, 0.1) is 5.41 Å². The van der Waals surface area contributed by atoms with Gasteiger partial charge in [-0.2, -0.15) is 0 Å². The molecule has 2 N–H and O–H groups in total. The fraction of sp³-hybridized carbons (Fsp3) is 0.519. The molecule has 36 heavy (non-hydrogen) atoms. The second-order valence-corrected chi connectivity index (χ2v) is 16.2. The maximum Gasteiger partial charge on any atom is 0.219 e. The summed E-state index contributed by atoms with van der Waals surface area (Å²) < 4.78 is 17.9. The summed E-state index contributed by atoms with van der Waals surface area (Å²) in [5.74, 6) is 2.12. The van der Waals surface area contributed by atoms with Gasteiger partial charge in [-0.1, -0.05) is 25.7 Å². The maximum absolute atomic E-state index is 7.52. The number of fused-ring (bicyclic) bond motifs is 1. The van der Waals surface area contributed by atoms with E-state index in [0.29, 0.717) is 24.8 Å². The highest BCUT2D eigenvalue weighted by atomic mass is 28.3. The van der Waals surface area contributed by atoms with Crippen LogP contribution >= 0.6 is 0 Å². The van der Waals surface area contributed by atoms with E-state index in [0.717, 1.165) is 68.8 Å². The van der Waals surface area contributed by atoms with Crippen LogP contribution in [-0.4, -0.2) is 82.0 Å². The number of nitrogens with one attached hydrogen (secondary N) is 2. The van der Waals surface area contributed by atoms with Crippen LogP contribution < -0.4 is 14.8 Å². The first kappa shape index (κ1) is 26.5. The molecule has 1 aromatic heterocycles. The van der Waals surface area contributed by atoms with E-state index in [4.69, 9.17) is 19.6 Å². The van der Waals surface area contributed by atoms with E-state index in [2.05, 4.69) is 45.9 Å². The normalized spacial score (nSPS) is 18.5. The first-order valence-electron chi connectivity index (χ1n) is 12.9. The second-order valence-electron chi connectivity index (χ2n) is 10.6. The third-order valence-electron chi connectivity index (χ3n) is 6.38. The Labute approximate surface area is 215 Å². The molecule has 0 radical (unpaired) electrons. The molecule has 194 valence electrons. The molecular weight excluding hydrogens is 470 g/mol. The Morgan fingerprint density at radius 1 is 1.25 bits per heavy atom. The molecule has 8 nitrogen and oxygen atoms in total. The van der Waals surface area contributed by atoms with E-state index in [1.54, 1.807) is 6.20 Å². The zero-order valence-electron chi connectivity index (χ0n) is 21.8. The molecule has 3 heterocycles. The third kappa shape index (κ3) is 7.96. The first-order valence-corrected chi connectivity index (χ1v) is 16.6. The summed E-state index contributed by atoms with van der Waals surface area (Å²) in [6.45, 7) is 13.2. The summed E-state index contributed by atoms with van der Waals surface area (Å²) in [5.41, 5.74) is 2.89. The van der Waals surface area contributed by atoms with Crippen molar-refractivity contribution >= 4 is 20.0 Å². The van der Waals surface area contributed by atoms with Crippen LogP contribution in [-0.2, 0) is 11.2 Å². The molecule has 1 fully saturated rings. The van der Waals surface area contributed by atoms with Crippen LogP contribution in [0.5, 0.6) is 17.4 Å². The topological polar surface area (TPSA) is 92.1 Å². The standard InChI is InChI=1S/C27H39N5O3Si/c1-36(2,3)15-14-33-20-31-25(8-9-28)22-5-7-27(30-18-22)35-23-6-4-21-16-24(34-26(21)17-23)19-32-12-10-29-11-13-32/h4-7,9,17-18,24,28-29H,8,10-16,19-20H2,1-3H3. The monoisotopic (exact) mass is 509 g/mol. The number of nitrogens with zero attached hydrogens (tertiary/aromatic N) is 3. The van der Waals surface area contributed by atoms with Crippen LogP contribution in [0.4, 0.5) is 0 Å². The summed E-state index contributed by atoms with van der Waals surface area (Å²) in [6.07, 6.45) is 4.66. The third-order valence-corrected chi connectivity index (χ3v) is 8.09. The van der Waals surface area contributed by atoms with Crippen molar-refractivity contribution in [1.82, 2.24) is 15.2 Å². The first-order chi connectivity index (χ1) is 17.4. The Morgan fingerprint density at radius 2 is 2.08 bits per heavy atom. The lowest BCUT2D eigenvalue weighted by Gasteiger charge is -2.29. The quantitative estimate of drug-likeness (QED) is 0.253. The average Bonchev–Trinajstić information content (AvgIpc) is 3.25. The average molecular weight is 510 g/mol. The number of aromatic nitrogens is 1. The summed E-state index contributed by atoms with van der Waals surface area (Å²) in [6, 6.07) is 10.9. The van der Waals surface area contributed by atoms with Gasteiger partial charge in [0.1, 0.15) is 24.3 Å². The number of piperazine rings is 1. The Balaban J connectivity index is 1.31. The fourth-order valence-electron chi connectivity index (χ4n) is 4.30. The van der Waals surface area contributed by atoms with E-state index >= 15 is 0 Å². The van der Waals surface area contributed by atoms with Gasteiger partial charge in [-0.15, -0.1) is 0 Å².